The molecule has 1 aromatic carbocycles. The molecule has 0 aliphatic carbocycles. The first-order chi connectivity index (χ1) is 8.51. The highest BCUT2D eigenvalue weighted by Crippen LogP contribution is 2.26. The second-order valence-electron chi connectivity index (χ2n) is 4.05. The molecule has 1 atom stereocenters. The molecule has 1 aromatic rings. The zero-order chi connectivity index (χ0) is 13.3. The van der Waals surface area contributed by atoms with Crippen LogP contribution in [0, 0.1) is 23.1 Å². The predicted octanol–water partition coefficient (Wildman–Crippen LogP) is 1.13. The highest BCUT2D eigenvalue weighted by atomic mass is 19.1. The number of amides is 1. The first kappa shape index (κ1) is 12.0. The summed E-state index contributed by atoms with van der Waals surface area (Å²) in [4.78, 5) is 23.7. The Morgan fingerprint density at radius 1 is 1.50 bits per heavy atom. The summed E-state index contributed by atoms with van der Waals surface area (Å²) in [5, 5.41) is 17.6. The maximum atomic E-state index is 13.2. The van der Waals surface area contributed by atoms with E-state index in [1.807, 2.05) is 0 Å². The van der Waals surface area contributed by atoms with Crippen LogP contribution in [-0.4, -0.2) is 23.5 Å². The van der Waals surface area contributed by atoms with E-state index in [1.54, 1.807) is 6.07 Å². The molecule has 1 heterocycles. The van der Waals surface area contributed by atoms with Crippen molar-refractivity contribution in [2.24, 2.45) is 5.92 Å². The monoisotopic (exact) mass is 248 g/mol. The molecule has 2 rings (SSSR count). The number of rotatable bonds is 2. The van der Waals surface area contributed by atoms with Crippen LogP contribution in [0.15, 0.2) is 18.2 Å². The molecule has 92 valence electrons. The van der Waals surface area contributed by atoms with E-state index in [0.717, 1.165) is 12.1 Å². The minimum absolute atomic E-state index is 0.00247. The van der Waals surface area contributed by atoms with Gasteiger partial charge in [-0.2, -0.15) is 5.26 Å². The highest BCUT2D eigenvalue weighted by Gasteiger charge is 2.35. The Morgan fingerprint density at radius 2 is 2.22 bits per heavy atom. The first-order valence-corrected chi connectivity index (χ1v) is 5.25. The van der Waals surface area contributed by atoms with Crippen LogP contribution in [0.25, 0.3) is 0 Å². The van der Waals surface area contributed by atoms with E-state index < -0.39 is 17.7 Å². The van der Waals surface area contributed by atoms with Crippen molar-refractivity contribution in [3.05, 3.63) is 29.6 Å². The van der Waals surface area contributed by atoms with E-state index in [0.29, 0.717) is 0 Å². The largest absolute Gasteiger partial charge is 0.481 e. The third-order valence-electron chi connectivity index (χ3n) is 2.80. The average Bonchev–Trinajstić information content (AvgIpc) is 2.70. The maximum absolute atomic E-state index is 13.2. The summed E-state index contributed by atoms with van der Waals surface area (Å²) in [6.45, 7) is 0.00247. The predicted molar refractivity (Wildman–Crippen MR) is 59.2 cm³/mol. The van der Waals surface area contributed by atoms with Gasteiger partial charge in [-0.1, -0.05) is 0 Å². The van der Waals surface area contributed by atoms with Gasteiger partial charge < -0.3 is 10.0 Å². The standard InChI is InChI=1S/C12H9FN2O3/c13-9-1-7(5-14)2-10(4-9)15-6-8(12(17)18)3-11(15)16/h1-2,4,8H,3,6H2,(H,17,18)/t8-/m0/s1. The minimum Gasteiger partial charge on any atom is -0.481 e. The van der Waals surface area contributed by atoms with Crippen LogP contribution in [0.3, 0.4) is 0 Å². The summed E-state index contributed by atoms with van der Waals surface area (Å²) in [6, 6.07) is 5.32. The number of aliphatic carboxylic acids is 1. The maximum Gasteiger partial charge on any atom is 0.308 e. The fourth-order valence-corrected chi connectivity index (χ4v) is 1.92. The number of carboxylic acid groups (broad SMARTS) is 1. The number of halogens is 1. The zero-order valence-corrected chi connectivity index (χ0v) is 9.26. The highest BCUT2D eigenvalue weighted by molar-refractivity contribution is 5.99. The van der Waals surface area contributed by atoms with Crippen molar-refractivity contribution in [1.29, 1.82) is 5.26 Å². The number of nitrogens with zero attached hydrogens (tertiary/aromatic N) is 2. The molecule has 5 nitrogen and oxygen atoms in total. The lowest BCUT2D eigenvalue weighted by molar-refractivity contribution is -0.141. The number of anilines is 1. The van der Waals surface area contributed by atoms with Crippen LogP contribution >= 0.6 is 0 Å². The summed E-state index contributed by atoms with van der Waals surface area (Å²) in [7, 11) is 0. The van der Waals surface area contributed by atoms with E-state index in [2.05, 4.69) is 0 Å². The molecule has 1 aliphatic rings. The Labute approximate surface area is 102 Å². The van der Waals surface area contributed by atoms with E-state index >= 15 is 0 Å². The molecule has 1 amide bonds. The van der Waals surface area contributed by atoms with Crippen molar-refractivity contribution < 1.29 is 19.1 Å². The molecular weight excluding hydrogens is 239 g/mol. The average molecular weight is 248 g/mol. The van der Waals surface area contributed by atoms with Gasteiger partial charge in [-0.15, -0.1) is 0 Å². The van der Waals surface area contributed by atoms with Gasteiger partial charge in [0.1, 0.15) is 5.82 Å². The van der Waals surface area contributed by atoms with Crippen LogP contribution in [-0.2, 0) is 9.59 Å². The van der Waals surface area contributed by atoms with Gasteiger partial charge >= 0.3 is 5.97 Å². The molecule has 0 unspecified atom stereocenters. The van der Waals surface area contributed by atoms with Crippen LogP contribution in [0.5, 0.6) is 0 Å². The summed E-state index contributed by atoms with van der Waals surface area (Å²) in [6.07, 6.45) is -0.103. The number of hydrogen-bond acceptors (Lipinski definition) is 3. The SMILES string of the molecule is N#Cc1cc(F)cc(N2C[C@@H](C(=O)O)CC2=O)c1. The second-order valence-corrected chi connectivity index (χ2v) is 4.05. The lowest BCUT2D eigenvalue weighted by Gasteiger charge is -2.16. The number of hydrogen-bond donors (Lipinski definition) is 1. The van der Waals surface area contributed by atoms with Gasteiger partial charge in [-0.05, 0) is 18.2 Å². The number of carboxylic acids is 1. The van der Waals surface area contributed by atoms with Crippen LogP contribution in [0.4, 0.5) is 10.1 Å². The molecular formula is C12H9FN2O3. The zero-order valence-electron chi connectivity index (χ0n) is 9.26. The Balaban J connectivity index is 2.33. The lowest BCUT2D eigenvalue weighted by Crippen LogP contribution is -2.25. The molecule has 1 fully saturated rings. The third kappa shape index (κ3) is 2.15. The molecule has 0 saturated carbocycles. The van der Waals surface area contributed by atoms with Crippen molar-refractivity contribution in [3.8, 4) is 6.07 Å². The van der Waals surface area contributed by atoms with Gasteiger partial charge in [0, 0.05) is 18.7 Å². The fourth-order valence-electron chi connectivity index (χ4n) is 1.92. The van der Waals surface area contributed by atoms with Gasteiger partial charge in [-0.3, -0.25) is 9.59 Å². The van der Waals surface area contributed by atoms with Crippen molar-refractivity contribution in [1.82, 2.24) is 0 Å². The minimum atomic E-state index is -1.05. The lowest BCUT2D eigenvalue weighted by atomic mass is 10.1. The van der Waals surface area contributed by atoms with Gasteiger partial charge in [0.2, 0.25) is 5.91 Å². The fraction of sp³-hybridized carbons (Fsp3) is 0.250. The Bertz CT molecular complexity index is 565. The van der Waals surface area contributed by atoms with E-state index in [4.69, 9.17) is 10.4 Å². The van der Waals surface area contributed by atoms with Gasteiger partial charge in [0.05, 0.1) is 17.6 Å². The molecule has 1 N–H and O–H groups in total. The Morgan fingerprint density at radius 3 is 2.78 bits per heavy atom. The van der Waals surface area contributed by atoms with E-state index in [9.17, 15) is 14.0 Å². The Hall–Kier alpha value is -2.42. The van der Waals surface area contributed by atoms with Crippen LogP contribution in [0.2, 0.25) is 0 Å². The topological polar surface area (TPSA) is 81.4 Å². The number of carbonyl (C=O) groups excluding carboxylic acids is 1. The molecule has 0 radical (unpaired) electrons. The summed E-state index contributed by atoms with van der Waals surface area (Å²) in [5.74, 6) is -2.85. The number of carbonyl (C=O) groups is 2. The van der Waals surface area contributed by atoms with Crippen molar-refractivity contribution in [3.63, 3.8) is 0 Å². The number of nitriles is 1. The molecule has 0 bridgehead atoms. The quantitative estimate of drug-likeness (QED) is 0.850. The molecule has 1 aliphatic heterocycles. The van der Waals surface area contributed by atoms with Crippen LogP contribution < -0.4 is 4.90 Å². The summed E-state index contributed by atoms with van der Waals surface area (Å²) in [5.41, 5.74) is 0.317. The molecule has 0 aromatic heterocycles. The van der Waals surface area contributed by atoms with Crippen molar-refractivity contribution in [2.45, 2.75) is 6.42 Å². The third-order valence-corrected chi connectivity index (χ3v) is 2.80. The van der Waals surface area contributed by atoms with E-state index in [1.165, 1.54) is 11.0 Å². The van der Waals surface area contributed by atoms with Gasteiger partial charge in [0.15, 0.2) is 0 Å². The molecule has 1 saturated heterocycles. The van der Waals surface area contributed by atoms with Crippen LogP contribution in [0.1, 0.15) is 12.0 Å². The summed E-state index contributed by atoms with van der Waals surface area (Å²) >= 11 is 0. The first-order valence-electron chi connectivity index (χ1n) is 5.25. The molecule has 0 spiro atoms. The Kier molecular flexibility index (Phi) is 2.98. The normalized spacial score (nSPS) is 18.8. The summed E-state index contributed by atoms with van der Waals surface area (Å²) < 4.78 is 13.2. The van der Waals surface area contributed by atoms with E-state index in [-0.39, 0.29) is 30.1 Å². The van der Waals surface area contributed by atoms with Gasteiger partial charge in [-0.25, -0.2) is 4.39 Å². The van der Waals surface area contributed by atoms with Gasteiger partial charge in [0.25, 0.3) is 0 Å². The smallest absolute Gasteiger partial charge is 0.308 e. The van der Waals surface area contributed by atoms with Crippen molar-refractivity contribution >= 4 is 17.6 Å². The van der Waals surface area contributed by atoms with Crippen molar-refractivity contribution in [2.75, 3.05) is 11.4 Å². The molecule has 18 heavy (non-hydrogen) atoms. The second kappa shape index (κ2) is 4.45. The molecule has 6 heteroatoms. The number of benzene rings is 1.